The number of benzene rings is 2. The van der Waals surface area contributed by atoms with Crippen LogP contribution in [0, 0.1) is 13.8 Å². The fourth-order valence-corrected chi connectivity index (χ4v) is 5.15. The maximum absolute atomic E-state index is 13.5. The van der Waals surface area contributed by atoms with Gasteiger partial charge in [-0.05, 0) is 92.4 Å². The van der Waals surface area contributed by atoms with E-state index in [0.717, 1.165) is 53.9 Å². The van der Waals surface area contributed by atoms with Crippen LogP contribution >= 0.6 is 0 Å². The Morgan fingerprint density at radius 1 is 1.00 bits per heavy atom. The molecule has 0 bridgehead atoms. The Hall–Kier alpha value is -3.72. The van der Waals surface area contributed by atoms with E-state index in [2.05, 4.69) is 70.1 Å². The summed E-state index contributed by atoms with van der Waals surface area (Å²) in [7, 11) is 0. The highest BCUT2D eigenvalue weighted by molar-refractivity contribution is 5.83. The number of phenolic OH excluding ortho intramolecular Hbond substituents is 1. The standard InChI is InChI=1S/C27H33N7O2/c1-17-14-18(2)23-19(15-17)16-22(26(36)28-23)24(25-29-30-31-34(25)27(3,4)5)33-12-10-32(11-13-33)20-6-8-21(35)9-7-20/h6-9,14-16,24,35H,10-13H2,1-5H3,(H,28,36)/t24-/m0/s1. The monoisotopic (exact) mass is 487 g/mol. The number of rotatable bonds is 4. The van der Waals surface area contributed by atoms with Crippen LogP contribution in [-0.4, -0.2) is 61.4 Å². The van der Waals surface area contributed by atoms with Gasteiger partial charge in [-0.15, -0.1) is 5.10 Å². The maximum Gasteiger partial charge on any atom is 0.253 e. The van der Waals surface area contributed by atoms with E-state index in [1.807, 2.05) is 29.8 Å². The van der Waals surface area contributed by atoms with Gasteiger partial charge in [-0.25, -0.2) is 4.68 Å². The highest BCUT2D eigenvalue weighted by Gasteiger charge is 2.35. The molecular formula is C27H33N7O2. The topological polar surface area (TPSA) is 103 Å². The molecule has 0 unspecified atom stereocenters. The van der Waals surface area contributed by atoms with Crippen LogP contribution < -0.4 is 10.5 Å². The number of fused-ring (bicyclic) bond motifs is 1. The predicted octanol–water partition coefficient (Wildman–Crippen LogP) is 3.50. The van der Waals surface area contributed by atoms with Gasteiger partial charge in [0.25, 0.3) is 5.56 Å². The Balaban J connectivity index is 1.57. The van der Waals surface area contributed by atoms with Gasteiger partial charge in [0.2, 0.25) is 0 Å². The lowest BCUT2D eigenvalue weighted by atomic mass is 9.99. The molecule has 9 nitrogen and oxygen atoms in total. The SMILES string of the molecule is Cc1cc(C)c2[nH]c(=O)c([C@@H](c3nnnn3C(C)(C)C)N3CCN(c4ccc(O)cc4)CC3)cc2c1. The van der Waals surface area contributed by atoms with Gasteiger partial charge in [0.1, 0.15) is 11.8 Å². The summed E-state index contributed by atoms with van der Waals surface area (Å²) in [5.41, 5.74) is 4.30. The van der Waals surface area contributed by atoms with E-state index < -0.39 is 6.04 Å². The smallest absolute Gasteiger partial charge is 0.253 e. The number of aromatic hydroxyl groups is 1. The van der Waals surface area contributed by atoms with Crippen LogP contribution in [0.5, 0.6) is 5.75 Å². The van der Waals surface area contributed by atoms with Crippen molar-refractivity contribution in [1.82, 2.24) is 30.1 Å². The molecule has 3 heterocycles. The van der Waals surface area contributed by atoms with E-state index in [9.17, 15) is 9.90 Å². The molecule has 0 radical (unpaired) electrons. The zero-order chi connectivity index (χ0) is 25.6. The molecule has 1 aliphatic heterocycles. The number of nitrogens with one attached hydrogen (secondary N) is 1. The number of aromatic amines is 1. The minimum atomic E-state index is -0.393. The van der Waals surface area contributed by atoms with Crippen LogP contribution in [0.3, 0.4) is 0 Å². The molecule has 0 saturated carbocycles. The average molecular weight is 488 g/mol. The number of pyridine rings is 1. The molecule has 1 aliphatic rings. The minimum Gasteiger partial charge on any atom is -0.508 e. The van der Waals surface area contributed by atoms with Gasteiger partial charge in [0.05, 0.1) is 11.1 Å². The number of hydrogen-bond donors (Lipinski definition) is 2. The lowest BCUT2D eigenvalue weighted by Crippen LogP contribution is -2.49. The van der Waals surface area contributed by atoms with Crippen LogP contribution in [0.15, 0.2) is 47.3 Å². The van der Waals surface area contributed by atoms with Crippen LogP contribution in [0.25, 0.3) is 10.9 Å². The minimum absolute atomic E-state index is 0.121. The highest BCUT2D eigenvalue weighted by Crippen LogP contribution is 2.31. The lowest BCUT2D eigenvalue weighted by molar-refractivity contribution is 0.190. The number of piperazine rings is 1. The van der Waals surface area contributed by atoms with E-state index >= 15 is 0 Å². The molecule has 5 rings (SSSR count). The molecule has 2 aromatic carbocycles. The van der Waals surface area contributed by atoms with Crippen LogP contribution in [0.2, 0.25) is 0 Å². The molecule has 0 amide bonds. The molecule has 4 aromatic rings. The fourth-order valence-electron chi connectivity index (χ4n) is 5.15. The van der Waals surface area contributed by atoms with Crippen molar-refractivity contribution in [2.75, 3.05) is 31.1 Å². The third-order valence-electron chi connectivity index (χ3n) is 6.88. The zero-order valence-electron chi connectivity index (χ0n) is 21.5. The number of anilines is 1. The van der Waals surface area contributed by atoms with E-state index in [-0.39, 0.29) is 16.8 Å². The first-order chi connectivity index (χ1) is 17.1. The summed E-state index contributed by atoms with van der Waals surface area (Å²) in [6.45, 7) is 13.3. The molecular weight excluding hydrogens is 454 g/mol. The second kappa shape index (κ2) is 9.05. The number of nitrogens with zero attached hydrogens (tertiary/aromatic N) is 6. The number of aryl methyl sites for hydroxylation is 2. The number of phenols is 1. The number of tetrazole rings is 1. The van der Waals surface area contributed by atoms with E-state index in [4.69, 9.17) is 0 Å². The third kappa shape index (κ3) is 4.46. The second-order valence-electron chi connectivity index (χ2n) is 10.7. The van der Waals surface area contributed by atoms with Crippen molar-refractivity contribution >= 4 is 16.6 Å². The molecule has 1 fully saturated rings. The summed E-state index contributed by atoms with van der Waals surface area (Å²) < 4.78 is 1.83. The molecule has 36 heavy (non-hydrogen) atoms. The Morgan fingerprint density at radius 3 is 2.36 bits per heavy atom. The third-order valence-corrected chi connectivity index (χ3v) is 6.88. The summed E-state index contributed by atoms with van der Waals surface area (Å²) in [6.07, 6.45) is 0. The molecule has 0 spiro atoms. The van der Waals surface area contributed by atoms with Crippen molar-refractivity contribution in [2.45, 2.75) is 46.2 Å². The van der Waals surface area contributed by atoms with Gasteiger partial charge in [-0.1, -0.05) is 11.6 Å². The first-order valence-corrected chi connectivity index (χ1v) is 12.3. The van der Waals surface area contributed by atoms with Crippen molar-refractivity contribution < 1.29 is 5.11 Å². The van der Waals surface area contributed by atoms with Crippen molar-refractivity contribution in [3.63, 3.8) is 0 Å². The van der Waals surface area contributed by atoms with E-state index in [0.29, 0.717) is 11.4 Å². The highest BCUT2D eigenvalue weighted by atomic mass is 16.3. The Kier molecular flexibility index (Phi) is 6.04. The lowest BCUT2D eigenvalue weighted by Gasteiger charge is -2.40. The number of H-pyrrole nitrogens is 1. The van der Waals surface area contributed by atoms with Gasteiger partial charge in [-0.2, -0.15) is 0 Å². The van der Waals surface area contributed by atoms with Crippen LogP contribution in [-0.2, 0) is 5.54 Å². The Morgan fingerprint density at radius 2 is 1.69 bits per heavy atom. The van der Waals surface area contributed by atoms with Gasteiger partial charge in [0, 0.05) is 37.4 Å². The summed E-state index contributed by atoms with van der Waals surface area (Å²) >= 11 is 0. The summed E-state index contributed by atoms with van der Waals surface area (Å²) in [5, 5.41) is 23.4. The largest absolute Gasteiger partial charge is 0.508 e. The zero-order valence-corrected chi connectivity index (χ0v) is 21.5. The Bertz CT molecular complexity index is 1440. The van der Waals surface area contributed by atoms with Gasteiger partial charge >= 0.3 is 0 Å². The van der Waals surface area contributed by atoms with Crippen LogP contribution in [0.4, 0.5) is 5.69 Å². The van der Waals surface area contributed by atoms with Gasteiger partial charge < -0.3 is 15.0 Å². The summed E-state index contributed by atoms with van der Waals surface area (Å²) in [6, 6.07) is 13.1. The van der Waals surface area contributed by atoms with Gasteiger partial charge in [-0.3, -0.25) is 9.69 Å². The summed E-state index contributed by atoms with van der Waals surface area (Å²) in [5.74, 6) is 0.919. The normalized spacial score (nSPS) is 16.0. The quantitative estimate of drug-likeness (QED) is 0.454. The van der Waals surface area contributed by atoms with E-state index in [1.165, 1.54) is 0 Å². The first-order valence-electron chi connectivity index (χ1n) is 12.3. The van der Waals surface area contributed by atoms with Crippen molar-refractivity contribution in [3.8, 4) is 5.75 Å². The van der Waals surface area contributed by atoms with Crippen molar-refractivity contribution in [3.05, 3.63) is 75.3 Å². The average Bonchev–Trinajstić information content (AvgIpc) is 3.31. The predicted molar refractivity (Wildman–Crippen MR) is 141 cm³/mol. The molecule has 0 aliphatic carbocycles. The first kappa shape index (κ1) is 24.0. The van der Waals surface area contributed by atoms with E-state index in [1.54, 1.807) is 12.1 Å². The molecule has 2 N–H and O–H groups in total. The maximum atomic E-state index is 13.5. The van der Waals surface area contributed by atoms with Crippen LogP contribution in [0.1, 0.15) is 49.3 Å². The molecule has 188 valence electrons. The molecule has 2 aromatic heterocycles. The van der Waals surface area contributed by atoms with Crippen molar-refractivity contribution in [1.29, 1.82) is 0 Å². The van der Waals surface area contributed by atoms with Gasteiger partial charge in [0.15, 0.2) is 5.82 Å². The Labute approximate surface area is 210 Å². The second-order valence-corrected chi connectivity index (χ2v) is 10.7. The summed E-state index contributed by atoms with van der Waals surface area (Å²) in [4.78, 5) is 21.3. The molecule has 1 atom stereocenters. The molecule has 1 saturated heterocycles. The fraction of sp³-hybridized carbons (Fsp3) is 0.407. The number of aromatic nitrogens is 5. The number of hydrogen-bond acceptors (Lipinski definition) is 7. The molecule has 9 heteroatoms. The van der Waals surface area contributed by atoms with Crippen molar-refractivity contribution in [2.24, 2.45) is 0 Å².